The zero-order valence-corrected chi connectivity index (χ0v) is 27.7. The monoisotopic (exact) mass is 586 g/mol. The van der Waals surface area contributed by atoms with E-state index in [-0.39, 0.29) is 24.4 Å². The van der Waals surface area contributed by atoms with Crippen molar-refractivity contribution >= 4 is 0 Å². The average Bonchev–Trinajstić information content (AvgIpc) is 3.58. The molecule has 0 aliphatic carbocycles. The van der Waals surface area contributed by atoms with Gasteiger partial charge in [0.1, 0.15) is 11.2 Å². The zero-order valence-electron chi connectivity index (χ0n) is 27.7. The summed E-state index contributed by atoms with van der Waals surface area (Å²) < 4.78 is 43.9. The summed E-state index contributed by atoms with van der Waals surface area (Å²) in [6, 6.07) is 0. The molecule has 2 heterocycles. The second-order valence-corrected chi connectivity index (χ2v) is 12.7. The maximum absolute atomic E-state index is 6.61. The predicted molar refractivity (Wildman–Crippen MR) is 166 cm³/mol. The van der Waals surface area contributed by atoms with E-state index in [0.29, 0.717) is 52.9 Å². The molecule has 0 aromatic rings. The van der Waals surface area contributed by atoms with Crippen molar-refractivity contribution in [2.45, 2.75) is 167 Å². The lowest BCUT2D eigenvalue weighted by molar-refractivity contribution is -0.180. The Bertz CT molecular complexity index is 582. The summed E-state index contributed by atoms with van der Waals surface area (Å²) in [5.41, 5.74) is -0.894. The molecule has 7 heteroatoms. The van der Waals surface area contributed by atoms with Crippen LogP contribution in [0.15, 0.2) is 0 Å². The topological polar surface area (TPSA) is 64.6 Å². The van der Waals surface area contributed by atoms with Crippen LogP contribution in [0.3, 0.4) is 0 Å². The Balaban J connectivity index is 1.95. The molecule has 2 aliphatic heterocycles. The Kier molecular flexibility index (Phi) is 19.3. The third-order valence-corrected chi connectivity index (χ3v) is 8.61. The van der Waals surface area contributed by atoms with Crippen molar-refractivity contribution in [3.8, 4) is 0 Å². The number of hydrogen-bond acceptors (Lipinski definition) is 7. The summed E-state index contributed by atoms with van der Waals surface area (Å²) in [5, 5.41) is 0. The van der Waals surface area contributed by atoms with Crippen LogP contribution in [-0.4, -0.2) is 88.5 Å². The number of unbranched alkanes of at least 4 members (excludes halogenated alkanes) is 6. The van der Waals surface area contributed by atoms with Crippen LogP contribution in [0.2, 0.25) is 0 Å². The van der Waals surface area contributed by atoms with Gasteiger partial charge in [-0.3, -0.25) is 0 Å². The molecule has 0 N–H and O–H groups in total. The largest absolute Gasteiger partial charge is 0.379 e. The van der Waals surface area contributed by atoms with E-state index < -0.39 is 11.2 Å². The molecule has 0 radical (unpaired) electrons. The standard InChI is InChI=1S/C34H66O7/c1-7-11-13-15-17-29(5)38-27-33(21-19-31(40-33)23-35-9-3)25-37-26-34(22-20-32(41-34)24-36-10-4)28-39-30(6)18-16-14-12-8-2/h29-32H,7-28H2,1-6H3. The number of hydrogen-bond donors (Lipinski definition) is 0. The van der Waals surface area contributed by atoms with Crippen LogP contribution in [0.5, 0.6) is 0 Å². The number of rotatable bonds is 26. The van der Waals surface area contributed by atoms with E-state index in [1.807, 2.05) is 13.8 Å². The van der Waals surface area contributed by atoms with E-state index in [1.165, 1.54) is 51.4 Å². The van der Waals surface area contributed by atoms with E-state index >= 15 is 0 Å². The second-order valence-electron chi connectivity index (χ2n) is 12.7. The molecule has 2 fully saturated rings. The molecule has 2 rings (SSSR count). The van der Waals surface area contributed by atoms with Gasteiger partial charge in [0, 0.05) is 13.2 Å². The Morgan fingerprint density at radius 2 is 1.02 bits per heavy atom. The molecular formula is C34H66O7. The molecule has 0 aromatic heterocycles. The first kappa shape index (κ1) is 36.9. The molecule has 2 aliphatic rings. The molecule has 0 aromatic carbocycles. The first-order chi connectivity index (χ1) is 19.9. The fraction of sp³-hybridized carbons (Fsp3) is 1.00. The highest BCUT2D eigenvalue weighted by atomic mass is 16.6. The van der Waals surface area contributed by atoms with Crippen molar-refractivity contribution in [1.29, 1.82) is 0 Å². The summed E-state index contributed by atoms with van der Waals surface area (Å²) >= 11 is 0. The first-order valence-electron chi connectivity index (χ1n) is 17.2. The van der Waals surface area contributed by atoms with Crippen molar-refractivity contribution in [3.63, 3.8) is 0 Å². The van der Waals surface area contributed by atoms with E-state index in [1.54, 1.807) is 0 Å². The van der Waals surface area contributed by atoms with Crippen LogP contribution in [0.1, 0.15) is 131 Å². The summed E-state index contributed by atoms with van der Waals surface area (Å²) in [6.07, 6.45) is 16.6. The molecule has 0 bridgehead atoms. The van der Waals surface area contributed by atoms with Crippen molar-refractivity contribution in [3.05, 3.63) is 0 Å². The molecule has 6 atom stereocenters. The molecule has 0 saturated carbocycles. The average molecular weight is 587 g/mol. The van der Waals surface area contributed by atoms with Crippen molar-refractivity contribution in [2.75, 3.05) is 52.9 Å². The van der Waals surface area contributed by atoms with Gasteiger partial charge in [-0.05, 0) is 66.2 Å². The molecule has 0 amide bonds. The molecule has 41 heavy (non-hydrogen) atoms. The minimum atomic E-state index is -0.447. The highest BCUT2D eigenvalue weighted by Gasteiger charge is 2.45. The zero-order chi connectivity index (χ0) is 29.8. The minimum Gasteiger partial charge on any atom is -0.379 e. The predicted octanol–water partition coefficient (Wildman–Crippen LogP) is 7.66. The summed E-state index contributed by atoms with van der Waals surface area (Å²) in [5.74, 6) is 0. The third-order valence-electron chi connectivity index (χ3n) is 8.61. The maximum atomic E-state index is 6.61. The van der Waals surface area contributed by atoms with Gasteiger partial charge in [-0.15, -0.1) is 0 Å². The molecule has 6 unspecified atom stereocenters. The molecule has 244 valence electrons. The van der Waals surface area contributed by atoms with E-state index in [9.17, 15) is 0 Å². The van der Waals surface area contributed by atoms with Gasteiger partial charge in [-0.25, -0.2) is 0 Å². The lowest BCUT2D eigenvalue weighted by Crippen LogP contribution is -2.46. The quantitative estimate of drug-likeness (QED) is 0.0964. The summed E-state index contributed by atoms with van der Waals surface area (Å²) in [6.45, 7) is 17.7. The Morgan fingerprint density at radius 1 is 0.585 bits per heavy atom. The van der Waals surface area contributed by atoms with Gasteiger partial charge in [0.05, 0.1) is 64.1 Å². The van der Waals surface area contributed by atoms with E-state index in [4.69, 9.17) is 33.2 Å². The van der Waals surface area contributed by atoms with Gasteiger partial charge in [0.15, 0.2) is 0 Å². The van der Waals surface area contributed by atoms with Crippen molar-refractivity contribution in [2.24, 2.45) is 0 Å². The lowest BCUT2D eigenvalue weighted by atomic mass is 10.00. The summed E-state index contributed by atoms with van der Waals surface area (Å²) in [4.78, 5) is 0. The third kappa shape index (κ3) is 14.8. The van der Waals surface area contributed by atoms with Crippen LogP contribution in [-0.2, 0) is 33.2 Å². The van der Waals surface area contributed by atoms with Crippen LogP contribution in [0, 0.1) is 0 Å². The van der Waals surface area contributed by atoms with Crippen molar-refractivity contribution < 1.29 is 33.2 Å². The Labute approximate surface area is 253 Å². The van der Waals surface area contributed by atoms with Gasteiger partial charge < -0.3 is 33.2 Å². The number of ether oxygens (including phenoxy) is 7. The van der Waals surface area contributed by atoms with Gasteiger partial charge in [-0.1, -0.05) is 65.2 Å². The fourth-order valence-electron chi connectivity index (χ4n) is 5.93. The Hall–Kier alpha value is -0.280. The summed E-state index contributed by atoms with van der Waals surface area (Å²) in [7, 11) is 0. The van der Waals surface area contributed by atoms with Crippen molar-refractivity contribution in [1.82, 2.24) is 0 Å². The SMILES string of the molecule is CCCCCCC(C)OCC1(COCC2(COC(C)CCCCCC)CCC(COCC)O2)CCC(COCC)O1. The highest BCUT2D eigenvalue weighted by molar-refractivity contribution is 4.93. The van der Waals surface area contributed by atoms with Crippen LogP contribution >= 0.6 is 0 Å². The van der Waals surface area contributed by atoms with Gasteiger partial charge in [0.2, 0.25) is 0 Å². The van der Waals surface area contributed by atoms with Crippen LogP contribution in [0.4, 0.5) is 0 Å². The van der Waals surface area contributed by atoms with Crippen LogP contribution < -0.4 is 0 Å². The smallest absolute Gasteiger partial charge is 0.115 e. The van der Waals surface area contributed by atoms with Gasteiger partial charge >= 0.3 is 0 Å². The molecule has 2 saturated heterocycles. The second kappa shape index (κ2) is 21.4. The van der Waals surface area contributed by atoms with Gasteiger partial charge in [0.25, 0.3) is 0 Å². The minimum absolute atomic E-state index is 0.0890. The Morgan fingerprint density at radius 3 is 1.41 bits per heavy atom. The maximum Gasteiger partial charge on any atom is 0.115 e. The fourth-order valence-corrected chi connectivity index (χ4v) is 5.93. The van der Waals surface area contributed by atoms with E-state index in [2.05, 4.69) is 27.7 Å². The first-order valence-corrected chi connectivity index (χ1v) is 17.2. The molecule has 0 spiro atoms. The van der Waals surface area contributed by atoms with Gasteiger partial charge in [-0.2, -0.15) is 0 Å². The lowest BCUT2D eigenvalue weighted by Gasteiger charge is -2.34. The highest BCUT2D eigenvalue weighted by Crippen LogP contribution is 2.35. The normalized spacial score (nSPS) is 28.0. The molecule has 7 nitrogen and oxygen atoms in total. The van der Waals surface area contributed by atoms with E-state index in [0.717, 1.165) is 38.5 Å². The molecular weight excluding hydrogens is 520 g/mol. The van der Waals surface area contributed by atoms with Crippen LogP contribution in [0.25, 0.3) is 0 Å².